The number of nitrogens with zero attached hydrogens (tertiary/aromatic N) is 4. The Bertz CT molecular complexity index is 1130. The monoisotopic (exact) mass is 444 g/mol. The van der Waals surface area contributed by atoms with E-state index in [4.69, 9.17) is 16.2 Å². The van der Waals surface area contributed by atoms with Gasteiger partial charge in [-0.05, 0) is 31.4 Å². The van der Waals surface area contributed by atoms with Gasteiger partial charge in [-0.25, -0.2) is 19.0 Å². The molecule has 3 heterocycles. The third kappa shape index (κ3) is 4.88. The van der Waals surface area contributed by atoms with Crippen LogP contribution in [0.2, 0.25) is 0 Å². The highest BCUT2D eigenvalue weighted by Gasteiger charge is 2.21. The zero-order chi connectivity index (χ0) is 23.6. The number of aryl methyl sites for hydroxylation is 1. The number of aromatic nitrogens is 4. The number of primary amides is 1. The number of amides is 1. The number of pyridine rings is 2. The first kappa shape index (κ1) is 23.2. The highest BCUT2D eigenvalue weighted by molar-refractivity contribution is 5.99. The van der Waals surface area contributed by atoms with Crippen LogP contribution in [0.15, 0.2) is 18.3 Å². The Morgan fingerprint density at radius 2 is 2.00 bits per heavy atom. The average Bonchev–Trinajstić information content (AvgIpc) is 3.04. The van der Waals surface area contributed by atoms with E-state index in [1.807, 2.05) is 6.92 Å². The van der Waals surface area contributed by atoms with Gasteiger partial charge in [-0.3, -0.25) is 4.79 Å². The summed E-state index contributed by atoms with van der Waals surface area (Å²) < 4.78 is 21.6. The van der Waals surface area contributed by atoms with Crippen LogP contribution >= 0.6 is 0 Å². The third-order valence-electron chi connectivity index (χ3n) is 5.02. The molecule has 10 nitrogen and oxygen atoms in total. The molecule has 0 radical (unpaired) electrons. The molecule has 0 bridgehead atoms. The lowest BCUT2D eigenvalue weighted by molar-refractivity contribution is 0.100. The van der Waals surface area contributed by atoms with Gasteiger partial charge in [0.05, 0.1) is 29.9 Å². The first-order valence-corrected chi connectivity index (χ1v) is 10.3. The zero-order valence-electron chi connectivity index (χ0n) is 18.8. The molecule has 0 aromatic carbocycles. The van der Waals surface area contributed by atoms with Crippen molar-refractivity contribution in [1.82, 2.24) is 19.7 Å². The van der Waals surface area contributed by atoms with Gasteiger partial charge in [0.2, 0.25) is 5.88 Å². The van der Waals surface area contributed by atoms with E-state index >= 15 is 0 Å². The van der Waals surface area contributed by atoms with Crippen LogP contribution in [-0.2, 0) is 7.05 Å². The van der Waals surface area contributed by atoms with Gasteiger partial charge in [-0.1, -0.05) is 13.8 Å². The van der Waals surface area contributed by atoms with Crippen LogP contribution in [0.5, 0.6) is 5.88 Å². The lowest BCUT2D eigenvalue weighted by Crippen LogP contribution is -2.39. The second-order valence-corrected chi connectivity index (χ2v) is 8.17. The molecule has 32 heavy (non-hydrogen) atoms. The Hall–Kier alpha value is -3.47. The second kappa shape index (κ2) is 9.35. The van der Waals surface area contributed by atoms with Crippen LogP contribution in [0.1, 0.15) is 37.6 Å². The summed E-state index contributed by atoms with van der Waals surface area (Å²) >= 11 is 0. The van der Waals surface area contributed by atoms with Crippen LogP contribution in [0, 0.1) is 11.7 Å². The topological polar surface area (TPSA) is 146 Å². The SMILES string of the molecule is COc1nn(C)c2ncc(Nc3nc(N[C@H](CC(C)C)[C@H](C)N)c(F)cc3C(N)=O)cc12. The number of halogens is 1. The molecule has 0 saturated carbocycles. The molecular weight excluding hydrogens is 415 g/mol. The predicted octanol–water partition coefficient (Wildman–Crippen LogP) is 2.53. The minimum atomic E-state index is -0.815. The maximum absolute atomic E-state index is 14.8. The number of rotatable bonds is 9. The molecule has 0 aliphatic heterocycles. The summed E-state index contributed by atoms with van der Waals surface area (Å²) in [6.45, 7) is 5.96. The van der Waals surface area contributed by atoms with E-state index in [-0.39, 0.29) is 29.3 Å². The number of nitrogens with two attached hydrogens (primary N) is 2. The minimum absolute atomic E-state index is 0.0200. The van der Waals surface area contributed by atoms with Crippen molar-refractivity contribution in [3.8, 4) is 5.88 Å². The van der Waals surface area contributed by atoms with Crippen LogP contribution in [-0.4, -0.2) is 44.8 Å². The highest BCUT2D eigenvalue weighted by Crippen LogP contribution is 2.29. The Kier molecular flexibility index (Phi) is 6.78. The average molecular weight is 445 g/mol. The number of carbonyl (C=O) groups is 1. The molecule has 0 aliphatic carbocycles. The maximum atomic E-state index is 14.8. The van der Waals surface area contributed by atoms with E-state index in [0.717, 1.165) is 12.5 Å². The fraction of sp³-hybridized carbons (Fsp3) is 0.429. The Morgan fingerprint density at radius 1 is 1.28 bits per heavy atom. The first-order valence-electron chi connectivity index (χ1n) is 10.3. The van der Waals surface area contributed by atoms with E-state index in [2.05, 4.69) is 39.5 Å². The first-order chi connectivity index (χ1) is 15.1. The predicted molar refractivity (Wildman–Crippen MR) is 122 cm³/mol. The van der Waals surface area contributed by atoms with Crippen LogP contribution in [0.4, 0.5) is 21.7 Å². The van der Waals surface area contributed by atoms with Gasteiger partial charge in [0.1, 0.15) is 5.82 Å². The molecule has 0 unspecified atom stereocenters. The summed E-state index contributed by atoms with van der Waals surface area (Å²) in [7, 11) is 3.26. The van der Waals surface area contributed by atoms with E-state index in [1.165, 1.54) is 7.11 Å². The Labute approximate surface area is 185 Å². The van der Waals surface area contributed by atoms with Gasteiger partial charge in [0.15, 0.2) is 17.3 Å². The summed E-state index contributed by atoms with van der Waals surface area (Å²) in [5, 5.41) is 11.0. The molecule has 0 saturated heterocycles. The highest BCUT2D eigenvalue weighted by atomic mass is 19.1. The van der Waals surface area contributed by atoms with E-state index in [9.17, 15) is 9.18 Å². The van der Waals surface area contributed by atoms with Crippen molar-refractivity contribution in [1.29, 1.82) is 0 Å². The number of ether oxygens (including phenoxy) is 1. The van der Waals surface area contributed by atoms with Crippen molar-refractivity contribution >= 4 is 34.3 Å². The molecule has 3 aromatic heterocycles. The molecule has 172 valence electrons. The molecule has 3 aromatic rings. The largest absolute Gasteiger partial charge is 0.479 e. The Balaban J connectivity index is 2.00. The van der Waals surface area contributed by atoms with E-state index in [0.29, 0.717) is 28.5 Å². The fourth-order valence-electron chi connectivity index (χ4n) is 3.43. The molecule has 2 atom stereocenters. The van der Waals surface area contributed by atoms with Gasteiger partial charge in [0, 0.05) is 19.1 Å². The maximum Gasteiger partial charge on any atom is 0.252 e. The van der Waals surface area contributed by atoms with Crippen molar-refractivity contribution < 1.29 is 13.9 Å². The Morgan fingerprint density at radius 3 is 2.59 bits per heavy atom. The summed E-state index contributed by atoms with van der Waals surface area (Å²) in [4.78, 5) is 20.6. The summed E-state index contributed by atoms with van der Waals surface area (Å²) in [6.07, 6.45) is 2.27. The fourth-order valence-corrected chi connectivity index (χ4v) is 3.43. The number of nitrogens with one attached hydrogen (secondary N) is 2. The molecule has 0 aliphatic rings. The van der Waals surface area contributed by atoms with Crippen molar-refractivity contribution in [3.63, 3.8) is 0 Å². The number of carbonyl (C=O) groups excluding carboxylic acids is 1. The molecule has 0 fully saturated rings. The summed E-state index contributed by atoms with van der Waals surface area (Å²) in [5.41, 5.74) is 12.6. The van der Waals surface area contributed by atoms with E-state index < -0.39 is 11.7 Å². The summed E-state index contributed by atoms with van der Waals surface area (Å²) in [6, 6.07) is 2.36. The van der Waals surface area contributed by atoms with Crippen molar-refractivity contribution in [2.24, 2.45) is 24.4 Å². The lowest BCUT2D eigenvalue weighted by Gasteiger charge is -2.25. The van der Waals surface area contributed by atoms with Gasteiger partial charge in [-0.2, -0.15) is 0 Å². The number of hydrogen-bond donors (Lipinski definition) is 4. The van der Waals surface area contributed by atoms with Crippen molar-refractivity contribution in [3.05, 3.63) is 29.7 Å². The zero-order valence-corrected chi connectivity index (χ0v) is 18.8. The smallest absolute Gasteiger partial charge is 0.252 e. The quantitative estimate of drug-likeness (QED) is 0.394. The van der Waals surface area contributed by atoms with Crippen LogP contribution in [0.3, 0.4) is 0 Å². The molecule has 1 amide bonds. The number of anilines is 3. The number of methoxy groups -OCH3 is 1. The number of fused-ring (bicyclic) bond motifs is 1. The molecule has 0 spiro atoms. The van der Waals surface area contributed by atoms with Gasteiger partial charge in [0.25, 0.3) is 5.91 Å². The van der Waals surface area contributed by atoms with Gasteiger partial charge in [-0.15, -0.1) is 5.10 Å². The number of hydrogen-bond acceptors (Lipinski definition) is 8. The van der Waals surface area contributed by atoms with Crippen molar-refractivity contribution in [2.75, 3.05) is 17.7 Å². The van der Waals surface area contributed by atoms with Crippen molar-refractivity contribution in [2.45, 2.75) is 39.3 Å². The molecular formula is C21H29FN8O2. The molecule has 3 rings (SSSR count). The minimum Gasteiger partial charge on any atom is -0.479 e. The normalized spacial score (nSPS) is 13.2. The van der Waals surface area contributed by atoms with E-state index in [1.54, 1.807) is 24.0 Å². The van der Waals surface area contributed by atoms with Crippen LogP contribution in [0.25, 0.3) is 11.0 Å². The molecule has 6 N–H and O–H groups in total. The third-order valence-corrected chi connectivity index (χ3v) is 5.02. The second-order valence-electron chi connectivity index (χ2n) is 8.17. The van der Waals surface area contributed by atoms with Gasteiger partial charge < -0.3 is 26.8 Å². The summed E-state index contributed by atoms with van der Waals surface area (Å²) in [5.74, 6) is -0.689. The molecule has 11 heteroatoms. The van der Waals surface area contributed by atoms with Gasteiger partial charge >= 0.3 is 0 Å². The standard InChI is InChI=1S/C21H29FN8O2/c1-10(2)6-16(11(3)23)27-19-15(22)8-13(17(24)31)18(28-19)26-12-7-14-20(25-9-12)30(4)29-21(14)32-5/h7-11,16H,6,23H2,1-5H3,(H2,24,31)(H2,26,27,28)/t11-,16+/m0/s1. The lowest BCUT2D eigenvalue weighted by atomic mass is 9.99. The van der Waals surface area contributed by atoms with Crippen LogP contribution < -0.4 is 26.8 Å².